The summed E-state index contributed by atoms with van der Waals surface area (Å²) in [5, 5.41) is 0. The van der Waals surface area contributed by atoms with Crippen LogP contribution in [0.25, 0.3) is 11.3 Å². The van der Waals surface area contributed by atoms with E-state index in [0.29, 0.717) is 10.6 Å². The molecule has 0 unspecified atom stereocenters. The maximum absolute atomic E-state index is 5.34. The number of hydrogen-bond acceptors (Lipinski definition) is 2. The third kappa shape index (κ3) is 1.97. The van der Waals surface area contributed by atoms with Crippen LogP contribution in [0.4, 0.5) is 0 Å². The van der Waals surface area contributed by atoms with Gasteiger partial charge in [0.1, 0.15) is 5.69 Å². The molecule has 0 bridgehead atoms. The Hall–Kier alpha value is -1.09. The molecule has 0 saturated carbocycles. The van der Waals surface area contributed by atoms with Crippen molar-refractivity contribution in [3.8, 4) is 11.3 Å². The largest absolute Gasteiger partial charge is 0.434 e. The summed E-state index contributed by atoms with van der Waals surface area (Å²) in [4.78, 5) is 4.34. The second-order valence-electron chi connectivity index (χ2n) is 3.65. The summed E-state index contributed by atoms with van der Waals surface area (Å²) in [7, 11) is 0. The van der Waals surface area contributed by atoms with Gasteiger partial charge in [-0.15, -0.1) is 0 Å². The lowest BCUT2D eigenvalue weighted by Crippen LogP contribution is -1.84. The van der Waals surface area contributed by atoms with Crippen molar-refractivity contribution < 1.29 is 4.42 Å². The number of benzene rings is 1. The summed E-state index contributed by atoms with van der Waals surface area (Å²) in [5.74, 6) is 0.676. The van der Waals surface area contributed by atoms with E-state index in [1.165, 1.54) is 11.1 Å². The minimum atomic E-state index is 0.676. The van der Waals surface area contributed by atoms with Crippen molar-refractivity contribution in [2.45, 2.75) is 20.8 Å². The van der Waals surface area contributed by atoms with Crippen molar-refractivity contribution in [2.24, 2.45) is 0 Å². The monoisotopic (exact) mass is 265 g/mol. The first-order chi connectivity index (χ1) is 7.08. The van der Waals surface area contributed by atoms with Crippen LogP contribution in [0.3, 0.4) is 0 Å². The summed E-state index contributed by atoms with van der Waals surface area (Å²) in [6.07, 6.45) is 0. The van der Waals surface area contributed by atoms with Gasteiger partial charge in [0.05, 0.1) is 0 Å². The predicted molar refractivity (Wildman–Crippen MR) is 63.9 cm³/mol. The summed E-state index contributed by atoms with van der Waals surface area (Å²) in [5.41, 5.74) is 4.51. The fraction of sp³-hybridized carbons (Fsp3) is 0.250. The van der Waals surface area contributed by atoms with E-state index in [0.717, 1.165) is 11.3 Å². The Balaban J connectivity index is 2.54. The predicted octanol–water partition coefficient (Wildman–Crippen LogP) is 4.03. The Kier molecular flexibility index (Phi) is 2.65. The van der Waals surface area contributed by atoms with Crippen LogP contribution in [0.2, 0.25) is 0 Å². The van der Waals surface area contributed by atoms with E-state index in [1.807, 2.05) is 6.92 Å². The van der Waals surface area contributed by atoms with E-state index in [1.54, 1.807) is 0 Å². The standard InChI is InChI=1S/C12H12BrNO/c1-7-4-5-10(6-8(7)2)11-12(13)15-9(3)14-11/h4-6H,1-3H3. The quantitative estimate of drug-likeness (QED) is 0.778. The average Bonchev–Trinajstić information content (AvgIpc) is 2.50. The fourth-order valence-electron chi connectivity index (χ4n) is 1.47. The average molecular weight is 266 g/mol. The van der Waals surface area contributed by atoms with Crippen molar-refractivity contribution >= 4 is 15.9 Å². The highest BCUT2D eigenvalue weighted by Crippen LogP contribution is 2.29. The van der Waals surface area contributed by atoms with Crippen LogP contribution in [0.15, 0.2) is 27.3 Å². The van der Waals surface area contributed by atoms with Crippen molar-refractivity contribution in [2.75, 3.05) is 0 Å². The molecule has 0 aliphatic rings. The van der Waals surface area contributed by atoms with Crippen molar-refractivity contribution in [3.05, 3.63) is 39.9 Å². The van der Waals surface area contributed by atoms with E-state index >= 15 is 0 Å². The van der Waals surface area contributed by atoms with E-state index in [4.69, 9.17) is 4.42 Å². The molecule has 1 aromatic carbocycles. The fourth-order valence-corrected chi connectivity index (χ4v) is 2.02. The summed E-state index contributed by atoms with van der Waals surface area (Å²) in [6, 6.07) is 6.28. The van der Waals surface area contributed by atoms with Gasteiger partial charge in [0.2, 0.25) is 0 Å². The van der Waals surface area contributed by atoms with Gasteiger partial charge in [-0.2, -0.15) is 0 Å². The molecule has 0 radical (unpaired) electrons. The highest BCUT2D eigenvalue weighted by atomic mass is 79.9. The van der Waals surface area contributed by atoms with Crippen molar-refractivity contribution in [1.29, 1.82) is 0 Å². The molecule has 2 nitrogen and oxygen atoms in total. The molecule has 0 atom stereocenters. The Labute approximate surface area is 97.5 Å². The van der Waals surface area contributed by atoms with Gasteiger partial charge in [-0.3, -0.25) is 0 Å². The molecule has 2 rings (SSSR count). The molecule has 0 aliphatic heterocycles. The van der Waals surface area contributed by atoms with Gasteiger partial charge in [0.25, 0.3) is 0 Å². The van der Waals surface area contributed by atoms with Crippen LogP contribution >= 0.6 is 15.9 Å². The van der Waals surface area contributed by atoms with Crippen LogP contribution in [0.5, 0.6) is 0 Å². The van der Waals surface area contributed by atoms with Crippen molar-refractivity contribution in [1.82, 2.24) is 4.98 Å². The molecule has 0 saturated heterocycles. The smallest absolute Gasteiger partial charge is 0.197 e. The third-order valence-electron chi connectivity index (χ3n) is 2.47. The van der Waals surface area contributed by atoms with Gasteiger partial charge in [-0.05, 0) is 47.0 Å². The molecule has 78 valence electrons. The molecule has 0 amide bonds. The molecule has 0 fully saturated rings. The lowest BCUT2D eigenvalue weighted by molar-refractivity contribution is 0.500. The van der Waals surface area contributed by atoms with Gasteiger partial charge in [-0.1, -0.05) is 12.1 Å². The maximum atomic E-state index is 5.34. The Morgan fingerprint density at radius 3 is 2.40 bits per heavy atom. The van der Waals surface area contributed by atoms with Crippen LogP contribution in [0.1, 0.15) is 17.0 Å². The second-order valence-corrected chi connectivity index (χ2v) is 4.37. The van der Waals surface area contributed by atoms with E-state index in [2.05, 4.69) is 53.0 Å². The number of rotatable bonds is 1. The first-order valence-electron chi connectivity index (χ1n) is 4.78. The van der Waals surface area contributed by atoms with Gasteiger partial charge in [0.15, 0.2) is 10.6 Å². The lowest BCUT2D eigenvalue weighted by Gasteiger charge is -2.02. The molecule has 0 aliphatic carbocycles. The lowest BCUT2D eigenvalue weighted by atomic mass is 10.1. The number of aryl methyl sites for hydroxylation is 3. The van der Waals surface area contributed by atoms with Crippen molar-refractivity contribution in [3.63, 3.8) is 0 Å². The molecule has 15 heavy (non-hydrogen) atoms. The van der Waals surface area contributed by atoms with Gasteiger partial charge < -0.3 is 4.42 Å². The highest BCUT2D eigenvalue weighted by Gasteiger charge is 2.10. The van der Waals surface area contributed by atoms with Crippen LogP contribution in [-0.4, -0.2) is 4.98 Å². The number of aromatic nitrogens is 1. The third-order valence-corrected chi connectivity index (χ3v) is 3.01. The molecule has 3 heteroatoms. The van der Waals surface area contributed by atoms with E-state index < -0.39 is 0 Å². The first kappa shape index (κ1) is 10.4. The molecular formula is C12H12BrNO. The van der Waals surface area contributed by atoms with Crippen LogP contribution in [0, 0.1) is 20.8 Å². The molecule has 2 aromatic rings. The SMILES string of the molecule is Cc1nc(-c2ccc(C)c(C)c2)c(Br)o1. The zero-order chi connectivity index (χ0) is 11.0. The maximum Gasteiger partial charge on any atom is 0.197 e. The minimum Gasteiger partial charge on any atom is -0.434 e. The van der Waals surface area contributed by atoms with Crippen LogP contribution < -0.4 is 0 Å². The Bertz CT molecular complexity index is 502. The minimum absolute atomic E-state index is 0.676. The van der Waals surface area contributed by atoms with Gasteiger partial charge >= 0.3 is 0 Å². The molecular weight excluding hydrogens is 254 g/mol. The molecule has 1 heterocycles. The molecule has 1 aromatic heterocycles. The normalized spacial score (nSPS) is 10.7. The summed E-state index contributed by atoms with van der Waals surface area (Å²) >= 11 is 3.37. The number of oxazole rings is 1. The summed E-state index contributed by atoms with van der Waals surface area (Å²) < 4.78 is 6.04. The van der Waals surface area contributed by atoms with E-state index in [-0.39, 0.29) is 0 Å². The van der Waals surface area contributed by atoms with Gasteiger partial charge in [0, 0.05) is 12.5 Å². The zero-order valence-corrected chi connectivity index (χ0v) is 10.6. The topological polar surface area (TPSA) is 26.0 Å². The molecule has 0 spiro atoms. The Morgan fingerprint density at radius 2 is 1.87 bits per heavy atom. The van der Waals surface area contributed by atoms with Gasteiger partial charge in [-0.25, -0.2) is 4.98 Å². The molecule has 0 N–H and O–H groups in total. The number of nitrogens with zero attached hydrogens (tertiary/aromatic N) is 1. The summed E-state index contributed by atoms with van der Waals surface area (Å²) in [6.45, 7) is 6.04. The number of halogens is 1. The Morgan fingerprint density at radius 1 is 1.13 bits per heavy atom. The second kappa shape index (κ2) is 3.81. The zero-order valence-electron chi connectivity index (χ0n) is 8.97. The highest BCUT2D eigenvalue weighted by molar-refractivity contribution is 9.10. The number of hydrogen-bond donors (Lipinski definition) is 0. The first-order valence-corrected chi connectivity index (χ1v) is 5.58. The van der Waals surface area contributed by atoms with E-state index in [9.17, 15) is 0 Å². The van der Waals surface area contributed by atoms with Crippen LogP contribution in [-0.2, 0) is 0 Å².